The molecule has 20 heavy (non-hydrogen) atoms. The molecule has 0 bridgehead atoms. The quantitative estimate of drug-likeness (QED) is 0.731. The molecule has 1 rings (SSSR count). The van der Waals surface area contributed by atoms with Crippen molar-refractivity contribution in [3.8, 4) is 0 Å². The van der Waals surface area contributed by atoms with Crippen molar-refractivity contribution in [2.24, 2.45) is 11.8 Å². The van der Waals surface area contributed by atoms with E-state index in [2.05, 4.69) is 0 Å². The first-order chi connectivity index (χ1) is 9.33. The van der Waals surface area contributed by atoms with E-state index < -0.39 is 12.0 Å². The number of carboxylic acids is 1. The van der Waals surface area contributed by atoms with Crippen LogP contribution in [0.1, 0.15) is 20.8 Å². The minimum Gasteiger partial charge on any atom is -0.480 e. The maximum absolute atomic E-state index is 12.4. The van der Waals surface area contributed by atoms with Crippen molar-refractivity contribution in [3.05, 3.63) is 0 Å². The number of hydrogen-bond acceptors (Lipinski definition) is 3. The molecule has 1 heterocycles. The van der Waals surface area contributed by atoms with Crippen LogP contribution in [0.15, 0.2) is 0 Å². The van der Waals surface area contributed by atoms with Gasteiger partial charge in [0, 0.05) is 19.6 Å². The van der Waals surface area contributed by atoms with Crippen LogP contribution in [0.5, 0.6) is 0 Å². The van der Waals surface area contributed by atoms with Crippen LogP contribution in [-0.2, 0) is 14.4 Å². The van der Waals surface area contributed by atoms with Crippen LogP contribution in [0.25, 0.3) is 0 Å². The van der Waals surface area contributed by atoms with Gasteiger partial charge in [-0.15, -0.1) is 11.6 Å². The predicted octanol–water partition coefficient (Wildman–Crippen LogP) is 0.641. The zero-order valence-electron chi connectivity index (χ0n) is 12.0. The van der Waals surface area contributed by atoms with E-state index in [1.165, 1.54) is 9.80 Å². The summed E-state index contributed by atoms with van der Waals surface area (Å²) in [6.45, 7) is 6.30. The molecule has 1 unspecified atom stereocenters. The lowest BCUT2D eigenvalue weighted by Gasteiger charge is -2.42. The summed E-state index contributed by atoms with van der Waals surface area (Å²) in [5.41, 5.74) is 0. The number of nitrogens with zero attached hydrogens (tertiary/aromatic N) is 2. The number of likely N-dealkylation sites (tertiary alicyclic amines) is 1. The van der Waals surface area contributed by atoms with Gasteiger partial charge < -0.3 is 14.9 Å². The Labute approximate surface area is 123 Å². The van der Waals surface area contributed by atoms with Crippen molar-refractivity contribution < 1.29 is 19.5 Å². The zero-order chi connectivity index (χ0) is 15.4. The van der Waals surface area contributed by atoms with Gasteiger partial charge in [-0.1, -0.05) is 13.8 Å². The number of carbonyl (C=O) groups is 3. The summed E-state index contributed by atoms with van der Waals surface area (Å²) in [6.07, 6.45) is 0. The number of likely N-dealkylation sites (N-methyl/N-ethyl adjacent to an activating group) is 1. The summed E-state index contributed by atoms with van der Waals surface area (Å²) < 4.78 is 0. The van der Waals surface area contributed by atoms with Crippen molar-refractivity contribution >= 4 is 29.4 Å². The summed E-state index contributed by atoms with van der Waals surface area (Å²) in [5, 5.41) is 9.27. The van der Waals surface area contributed by atoms with Gasteiger partial charge in [0.05, 0.1) is 5.92 Å². The van der Waals surface area contributed by atoms with Crippen LogP contribution in [0.2, 0.25) is 0 Å². The van der Waals surface area contributed by atoms with Crippen molar-refractivity contribution in [2.75, 3.05) is 25.5 Å². The molecule has 1 aliphatic heterocycles. The van der Waals surface area contributed by atoms with E-state index in [4.69, 9.17) is 11.6 Å². The third-order valence-electron chi connectivity index (χ3n) is 3.54. The smallest absolute Gasteiger partial charge is 0.326 e. The second kappa shape index (κ2) is 6.92. The molecule has 2 amide bonds. The van der Waals surface area contributed by atoms with Crippen molar-refractivity contribution in [1.29, 1.82) is 0 Å². The number of carbonyl (C=O) groups excluding carboxylic acids is 2. The van der Waals surface area contributed by atoms with Gasteiger partial charge in [0.15, 0.2) is 0 Å². The SMILES string of the molecule is CCN(C(=O)C1CN(C(=O)CCl)C1)C(C(=O)O)C(C)C. The number of rotatable bonds is 6. The van der Waals surface area contributed by atoms with Crippen molar-refractivity contribution in [2.45, 2.75) is 26.8 Å². The largest absolute Gasteiger partial charge is 0.480 e. The average Bonchev–Trinajstić information content (AvgIpc) is 2.32. The normalized spacial score (nSPS) is 16.8. The van der Waals surface area contributed by atoms with Gasteiger partial charge in [0.2, 0.25) is 11.8 Å². The van der Waals surface area contributed by atoms with Gasteiger partial charge in [-0.25, -0.2) is 4.79 Å². The molecule has 6 nitrogen and oxygen atoms in total. The van der Waals surface area contributed by atoms with E-state index in [9.17, 15) is 19.5 Å². The molecule has 0 aromatic carbocycles. The number of hydrogen-bond donors (Lipinski definition) is 1. The molecular weight excluding hydrogens is 284 g/mol. The molecule has 114 valence electrons. The van der Waals surface area contributed by atoms with E-state index in [0.29, 0.717) is 19.6 Å². The van der Waals surface area contributed by atoms with Gasteiger partial charge in [-0.2, -0.15) is 0 Å². The second-order valence-corrected chi connectivity index (χ2v) is 5.55. The first kappa shape index (κ1) is 16.8. The highest BCUT2D eigenvalue weighted by Crippen LogP contribution is 2.22. The molecule has 0 aromatic heterocycles. The van der Waals surface area contributed by atoms with Gasteiger partial charge in [0.1, 0.15) is 11.9 Å². The lowest BCUT2D eigenvalue weighted by atomic mass is 9.95. The van der Waals surface area contributed by atoms with Crippen LogP contribution < -0.4 is 0 Å². The lowest BCUT2D eigenvalue weighted by Crippen LogP contribution is -2.59. The molecule has 0 aromatic rings. The maximum Gasteiger partial charge on any atom is 0.326 e. The van der Waals surface area contributed by atoms with E-state index in [1.807, 2.05) is 0 Å². The van der Waals surface area contributed by atoms with Gasteiger partial charge in [-0.05, 0) is 12.8 Å². The molecule has 0 radical (unpaired) electrons. The Kier molecular flexibility index (Phi) is 5.80. The van der Waals surface area contributed by atoms with Gasteiger partial charge in [0.25, 0.3) is 0 Å². The molecule has 0 saturated carbocycles. The van der Waals surface area contributed by atoms with Crippen molar-refractivity contribution in [1.82, 2.24) is 9.80 Å². The summed E-state index contributed by atoms with van der Waals surface area (Å²) in [4.78, 5) is 37.9. The molecule has 1 fully saturated rings. The van der Waals surface area contributed by atoms with Crippen molar-refractivity contribution in [3.63, 3.8) is 0 Å². The molecule has 1 atom stereocenters. The summed E-state index contributed by atoms with van der Waals surface area (Å²) in [5.74, 6) is -1.98. The van der Waals surface area contributed by atoms with Crippen LogP contribution in [0.3, 0.4) is 0 Å². The van der Waals surface area contributed by atoms with Crippen LogP contribution in [0.4, 0.5) is 0 Å². The minimum absolute atomic E-state index is 0.0951. The van der Waals surface area contributed by atoms with Crippen LogP contribution >= 0.6 is 11.6 Å². The van der Waals surface area contributed by atoms with Gasteiger partial charge in [-0.3, -0.25) is 9.59 Å². The summed E-state index contributed by atoms with van der Waals surface area (Å²) in [6, 6.07) is -0.828. The highest BCUT2D eigenvalue weighted by atomic mass is 35.5. The Bertz CT molecular complexity index is 394. The molecular formula is C13H21ClN2O4. The van der Waals surface area contributed by atoms with E-state index in [0.717, 1.165) is 0 Å². The second-order valence-electron chi connectivity index (χ2n) is 5.28. The molecule has 0 aliphatic carbocycles. The lowest BCUT2D eigenvalue weighted by molar-refractivity contribution is -0.158. The Morgan fingerprint density at radius 1 is 1.35 bits per heavy atom. The Balaban J connectivity index is 2.70. The predicted molar refractivity (Wildman–Crippen MR) is 74.4 cm³/mol. The number of halogens is 1. The number of alkyl halides is 1. The Morgan fingerprint density at radius 2 is 1.90 bits per heavy atom. The highest BCUT2D eigenvalue weighted by molar-refractivity contribution is 6.27. The molecule has 1 N–H and O–H groups in total. The number of aliphatic carboxylic acids is 1. The third-order valence-corrected chi connectivity index (χ3v) is 3.77. The number of carboxylic acid groups (broad SMARTS) is 1. The maximum atomic E-state index is 12.4. The molecule has 7 heteroatoms. The standard InChI is InChI=1S/C13H21ClN2O4/c1-4-16(11(8(2)3)13(19)20)12(18)9-6-15(7-9)10(17)5-14/h8-9,11H,4-7H2,1-3H3,(H,19,20). The first-order valence-corrected chi connectivity index (χ1v) is 7.23. The highest BCUT2D eigenvalue weighted by Gasteiger charge is 2.41. The minimum atomic E-state index is -0.997. The Morgan fingerprint density at radius 3 is 2.25 bits per heavy atom. The van der Waals surface area contributed by atoms with Crippen LogP contribution in [0, 0.1) is 11.8 Å². The van der Waals surface area contributed by atoms with E-state index >= 15 is 0 Å². The fraction of sp³-hybridized carbons (Fsp3) is 0.769. The van der Waals surface area contributed by atoms with E-state index in [1.54, 1.807) is 20.8 Å². The molecule has 1 saturated heterocycles. The van der Waals surface area contributed by atoms with Gasteiger partial charge >= 0.3 is 5.97 Å². The van der Waals surface area contributed by atoms with Crippen LogP contribution in [-0.4, -0.2) is 64.2 Å². The number of amides is 2. The monoisotopic (exact) mass is 304 g/mol. The fourth-order valence-corrected chi connectivity index (χ4v) is 2.59. The topological polar surface area (TPSA) is 77.9 Å². The fourth-order valence-electron chi connectivity index (χ4n) is 2.43. The average molecular weight is 305 g/mol. The molecule has 1 aliphatic rings. The first-order valence-electron chi connectivity index (χ1n) is 6.70. The zero-order valence-corrected chi connectivity index (χ0v) is 12.8. The summed E-state index contributed by atoms with van der Waals surface area (Å²) >= 11 is 5.45. The molecule has 0 spiro atoms. The summed E-state index contributed by atoms with van der Waals surface area (Å²) in [7, 11) is 0. The Hall–Kier alpha value is -1.30. The third kappa shape index (κ3) is 3.42. The van der Waals surface area contributed by atoms with E-state index in [-0.39, 0.29) is 29.5 Å².